The van der Waals surface area contributed by atoms with Crippen molar-refractivity contribution < 1.29 is 9.47 Å². The standard InChI is InChI=1S/C15H23NO2/c1-3-17-14-11-16-15(18-4-2)10-13(14)12-8-6-5-7-9-12/h5-9,13-16H,3-4,10-11H2,1-2H3. The zero-order chi connectivity index (χ0) is 12.8. The molecular formula is C15H23NO2. The molecule has 1 fully saturated rings. The minimum Gasteiger partial charge on any atom is -0.377 e. The van der Waals surface area contributed by atoms with E-state index >= 15 is 0 Å². The van der Waals surface area contributed by atoms with Gasteiger partial charge in [-0.05, 0) is 25.8 Å². The zero-order valence-electron chi connectivity index (χ0n) is 11.3. The molecule has 2 rings (SSSR count). The highest BCUT2D eigenvalue weighted by atomic mass is 16.5. The first-order valence-electron chi connectivity index (χ1n) is 6.86. The predicted octanol–water partition coefficient (Wildman–Crippen LogP) is 2.53. The van der Waals surface area contributed by atoms with E-state index in [1.54, 1.807) is 0 Å². The van der Waals surface area contributed by atoms with Gasteiger partial charge in [0, 0.05) is 25.7 Å². The van der Waals surface area contributed by atoms with Crippen LogP contribution in [-0.4, -0.2) is 32.1 Å². The second kappa shape index (κ2) is 6.88. The Bertz CT molecular complexity index is 342. The molecule has 1 aliphatic heterocycles. The van der Waals surface area contributed by atoms with Crippen molar-refractivity contribution in [3.8, 4) is 0 Å². The van der Waals surface area contributed by atoms with E-state index in [0.717, 1.165) is 26.2 Å². The van der Waals surface area contributed by atoms with Crippen LogP contribution in [-0.2, 0) is 9.47 Å². The molecule has 1 heterocycles. The Morgan fingerprint density at radius 3 is 2.50 bits per heavy atom. The SMILES string of the molecule is CCOC1CC(c2ccccc2)C(OCC)CN1. The number of benzene rings is 1. The maximum absolute atomic E-state index is 5.86. The van der Waals surface area contributed by atoms with Gasteiger partial charge in [-0.15, -0.1) is 0 Å². The Labute approximate surface area is 109 Å². The molecule has 1 saturated heterocycles. The fourth-order valence-electron chi connectivity index (χ4n) is 2.62. The topological polar surface area (TPSA) is 30.5 Å². The lowest BCUT2D eigenvalue weighted by molar-refractivity contribution is -0.0443. The summed E-state index contributed by atoms with van der Waals surface area (Å²) in [5.41, 5.74) is 1.35. The minimum absolute atomic E-state index is 0.150. The minimum atomic E-state index is 0.150. The van der Waals surface area contributed by atoms with Crippen LogP contribution in [0, 0.1) is 0 Å². The average Bonchev–Trinajstić information content (AvgIpc) is 2.42. The number of piperidine rings is 1. The molecule has 1 aromatic rings. The molecular weight excluding hydrogens is 226 g/mol. The van der Waals surface area contributed by atoms with Crippen LogP contribution in [0.15, 0.2) is 30.3 Å². The summed E-state index contributed by atoms with van der Waals surface area (Å²) in [5.74, 6) is 0.420. The predicted molar refractivity (Wildman–Crippen MR) is 72.6 cm³/mol. The smallest absolute Gasteiger partial charge is 0.108 e. The van der Waals surface area contributed by atoms with Gasteiger partial charge < -0.3 is 9.47 Å². The van der Waals surface area contributed by atoms with Gasteiger partial charge in [0.25, 0.3) is 0 Å². The van der Waals surface area contributed by atoms with Crippen LogP contribution in [0.5, 0.6) is 0 Å². The van der Waals surface area contributed by atoms with Crippen LogP contribution in [0.4, 0.5) is 0 Å². The van der Waals surface area contributed by atoms with Gasteiger partial charge >= 0.3 is 0 Å². The molecule has 1 aliphatic rings. The van der Waals surface area contributed by atoms with Gasteiger partial charge in [0.05, 0.1) is 6.10 Å². The highest BCUT2D eigenvalue weighted by Crippen LogP contribution is 2.30. The van der Waals surface area contributed by atoms with E-state index in [1.807, 2.05) is 6.92 Å². The van der Waals surface area contributed by atoms with Crippen LogP contribution in [0.1, 0.15) is 31.7 Å². The molecule has 3 atom stereocenters. The Morgan fingerprint density at radius 1 is 1.11 bits per heavy atom. The molecule has 3 heteroatoms. The molecule has 0 saturated carbocycles. The van der Waals surface area contributed by atoms with Crippen molar-refractivity contribution in [1.82, 2.24) is 5.32 Å². The number of rotatable bonds is 5. The van der Waals surface area contributed by atoms with Crippen molar-refractivity contribution in [1.29, 1.82) is 0 Å². The normalized spacial score (nSPS) is 28.2. The molecule has 0 spiro atoms. The van der Waals surface area contributed by atoms with Gasteiger partial charge in [-0.1, -0.05) is 30.3 Å². The van der Waals surface area contributed by atoms with Gasteiger partial charge in [0.1, 0.15) is 6.23 Å². The van der Waals surface area contributed by atoms with Gasteiger partial charge in [0.15, 0.2) is 0 Å². The number of hydrogen-bond donors (Lipinski definition) is 1. The highest BCUT2D eigenvalue weighted by molar-refractivity contribution is 5.22. The summed E-state index contributed by atoms with van der Waals surface area (Å²) in [4.78, 5) is 0. The van der Waals surface area contributed by atoms with E-state index in [0.29, 0.717) is 5.92 Å². The van der Waals surface area contributed by atoms with Crippen LogP contribution >= 0.6 is 0 Å². The Kier molecular flexibility index (Phi) is 5.17. The van der Waals surface area contributed by atoms with Crippen LogP contribution in [0.3, 0.4) is 0 Å². The lowest BCUT2D eigenvalue weighted by Crippen LogP contribution is -2.48. The summed E-state index contributed by atoms with van der Waals surface area (Å²) in [6.07, 6.45) is 1.37. The van der Waals surface area contributed by atoms with Gasteiger partial charge in [0.2, 0.25) is 0 Å². The zero-order valence-corrected chi connectivity index (χ0v) is 11.3. The maximum Gasteiger partial charge on any atom is 0.108 e. The largest absolute Gasteiger partial charge is 0.377 e. The molecule has 0 radical (unpaired) electrons. The molecule has 0 bridgehead atoms. The van der Waals surface area contributed by atoms with Crippen molar-refractivity contribution in [2.24, 2.45) is 0 Å². The second-order valence-electron chi connectivity index (χ2n) is 4.60. The van der Waals surface area contributed by atoms with Crippen LogP contribution in [0.25, 0.3) is 0 Å². The van der Waals surface area contributed by atoms with Gasteiger partial charge in [-0.2, -0.15) is 0 Å². The quantitative estimate of drug-likeness (QED) is 0.870. The Morgan fingerprint density at radius 2 is 1.83 bits per heavy atom. The van der Waals surface area contributed by atoms with Crippen LogP contribution in [0.2, 0.25) is 0 Å². The van der Waals surface area contributed by atoms with Gasteiger partial charge in [-0.25, -0.2) is 0 Å². The van der Waals surface area contributed by atoms with E-state index in [-0.39, 0.29) is 12.3 Å². The summed E-state index contributed by atoms with van der Waals surface area (Å²) < 4.78 is 11.6. The third-order valence-electron chi connectivity index (χ3n) is 3.44. The molecule has 0 aliphatic carbocycles. The molecule has 1 N–H and O–H groups in total. The Hall–Kier alpha value is -0.900. The summed E-state index contributed by atoms with van der Waals surface area (Å²) in [6.45, 7) is 6.45. The van der Waals surface area contributed by atoms with Crippen molar-refractivity contribution in [2.75, 3.05) is 19.8 Å². The van der Waals surface area contributed by atoms with Crippen LogP contribution < -0.4 is 5.32 Å². The number of nitrogens with one attached hydrogen (secondary N) is 1. The van der Waals surface area contributed by atoms with Crippen molar-refractivity contribution in [2.45, 2.75) is 38.5 Å². The lowest BCUT2D eigenvalue weighted by Gasteiger charge is -2.36. The Balaban J connectivity index is 2.09. The van der Waals surface area contributed by atoms with E-state index in [2.05, 4.69) is 42.6 Å². The average molecular weight is 249 g/mol. The maximum atomic E-state index is 5.86. The lowest BCUT2D eigenvalue weighted by atomic mass is 9.87. The molecule has 0 amide bonds. The highest BCUT2D eigenvalue weighted by Gasteiger charge is 2.31. The fraction of sp³-hybridized carbons (Fsp3) is 0.600. The summed E-state index contributed by atoms with van der Waals surface area (Å²) >= 11 is 0. The monoisotopic (exact) mass is 249 g/mol. The molecule has 18 heavy (non-hydrogen) atoms. The third kappa shape index (κ3) is 3.31. The molecule has 3 nitrogen and oxygen atoms in total. The molecule has 1 aromatic carbocycles. The third-order valence-corrected chi connectivity index (χ3v) is 3.44. The number of hydrogen-bond acceptors (Lipinski definition) is 3. The van der Waals surface area contributed by atoms with E-state index in [4.69, 9.17) is 9.47 Å². The van der Waals surface area contributed by atoms with E-state index in [1.165, 1.54) is 5.56 Å². The molecule has 0 aromatic heterocycles. The van der Waals surface area contributed by atoms with Crippen molar-refractivity contribution in [3.05, 3.63) is 35.9 Å². The first kappa shape index (κ1) is 13.5. The summed E-state index contributed by atoms with van der Waals surface area (Å²) in [5, 5.41) is 3.41. The first-order chi connectivity index (χ1) is 8.85. The summed E-state index contributed by atoms with van der Waals surface area (Å²) in [7, 11) is 0. The van der Waals surface area contributed by atoms with Crippen molar-refractivity contribution >= 4 is 0 Å². The van der Waals surface area contributed by atoms with E-state index in [9.17, 15) is 0 Å². The van der Waals surface area contributed by atoms with Crippen molar-refractivity contribution in [3.63, 3.8) is 0 Å². The second-order valence-corrected chi connectivity index (χ2v) is 4.60. The van der Waals surface area contributed by atoms with Gasteiger partial charge in [-0.3, -0.25) is 5.32 Å². The number of ether oxygens (including phenoxy) is 2. The molecule has 3 unspecified atom stereocenters. The van der Waals surface area contributed by atoms with E-state index < -0.39 is 0 Å². The first-order valence-corrected chi connectivity index (χ1v) is 6.86. The fourth-order valence-corrected chi connectivity index (χ4v) is 2.62. The summed E-state index contributed by atoms with van der Waals surface area (Å²) in [6, 6.07) is 10.6. The molecule has 100 valence electrons.